The van der Waals surface area contributed by atoms with Crippen molar-refractivity contribution in [2.45, 2.75) is 44.0 Å². The molecule has 2 N–H and O–H groups in total. The monoisotopic (exact) mass is 294 g/mol. The number of aromatic nitrogens is 3. The van der Waals surface area contributed by atoms with E-state index in [0.29, 0.717) is 6.54 Å². The van der Waals surface area contributed by atoms with Gasteiger partial charge in [0.15, 0.2) is 11.8 Å². The zero-order valence-electron chi connectivity index (χ0n) is 11.9. The summed E-state index contributed by atoms with van der Waals surface area (Å²) >= 11 is 2.06. The number of guanidine groups is 1. The third kappa shape index (κ3) is 3.08. The lowest BCUT2D eigenvalue weighted by Crippen LogP contribution is -2.40. The van der Waals surface area contributed by atoms with Gasteiger partial charge in [0.05, 0.1) is 6.54 Å². The van der Waals surface area contributed by atoms with Crippen LogP contribution in [0.1, 0.15) is 30.9 Å². The Kier molecular flexibility index (Phi) is 4.44. The van der Waals surface area contributed by atoms with E-state index < -0.39 is 0 Å². The van der Waals surface area contributed by atoms with Crippen LogP contribution in [0.4, 0.5) is 0 Å². The second kappa shape index (κ2) is 6.47. The standard InChI is InChI=1S/C13H22N6S/c1-14-13(15-8-10-4-3-7-20-10)16-9-12-18-17-11-5-2-6-19(11)12/h10H,2-9H2,1H3,(H2,14,15,16). The highest BCUT2D eigenvalue weighted by Crippen LogP contribution is 2.25. The van der Waals surface area contributed by atoms with Gasteiger partial charge >= 0.3 is 0 Å². The Hall–Kier alpha value is -1.24. The van der Waals surface area contributed by atoms with Crippen LogP contribution >= 0.6 is 11.8 Å². The number of rotatable bonds is 4. The first-order valence-corrected chi connectivity index (χ1v) is 8.39. The van der Waals surface area contributed by atoms with Crippen LogP contribution in [-0.2, 0) is 19.5 Å². The van der Waals surface area contributed by atoms with E-state index in [9.17, 15) is 0 Å². The van der Waals surface area contributed by atoms with Crippen LogP contribution < -0.4 is 10.6 Å². The summed E-state index contributed by atoms with van der Waals surface area (Å²) < 4.78 is 2.22. The van der Waals surface area contributed by atoms with Crippen molar-refractivity contribution in [1.82, 2.24) is 25.4 Å². The molecule has 7 heteroatoms. The average molecular weight is 294 g/mol. The molecule has 3 rings (SSSR count). The lowest BCUT2D eigenvalue weighted by Gasteiger charge is -2.14. The molecule has 1 fully saturated rings. The number of hydrogen-bond donors (Lipinski definition) is 2. The lowest BCUT2D eigenvalue weighted by atomic mass is 10.2. The van der Waals surface area contributed by atoms with E-state index in [0.717, 1.165) is 42.4 Å². The van der Waals surface area contributed by atoms with Gasteiger partial charge in [-0.25, -0.2) is 0 Å². The molecule has 1 unspecified atom stereocenters. The number of aliphatic imine (C=N–C) groups is 1. The third-order valence-electron chi connectivity index (χ3n) is 3.84. The van der Waals surface area contributed by atoms with Crippen molar-refractivity contribution in [2.24, 2.45) is 4.99 Å². The summed E-state index contributed by atoms with van der Waals surface area (Å²) in [7, 11) is 1.81. The molecular weight excluding hydrogens is 272 g/mol. The van der Waals surface area contributed by atoms with Crippen molar-refractivity contribution in [3.8, 4) is 0 Å². The Labute approximate surface area is 123 Å². The van der Waals surface area contributed by atoms with E-state index in [2.05, 4.69) is 42.2 Å². The van der Waals surface area contributed by atoms with Crippen LogP contribution in [-0.4, -0.2) is 45.3 Å². The van der Waals surface area contributed by atoms with E-state index in [1.54, 1.807) is 0 Å². The Morgan fingerprint density at radius 2 is 2.35 bits per heavy atom. The maximum Gasteiger partial charge on any atom is 0.191 e. The largest absolute Gasteiger partial charge is 0.355 e. The van der Waals surface area contributed by atoms with Crippen LogP contribution in [0.15, 0.2) is 4.99 Å². The first kappa shape index (κ1) is 13.7. The SMILES string of the molecule is CN=C(NCc1nnc2n1CCC2)NCC1CCCS1. The molecule has 0 saturated carbocycles. The first-order chi connectivity index (χ1) is 9.86. The zero-order valence-corrected chi connectivity index (χ0v) is 12.7. The molecule has 20 heavy (non-hydrogen) atoms. The van der Waals surface area contributed by atoms with Crippen molar-refractivity contribution in [3.63, 3.8) is 0 Å². The quantitative estimate of drug-likeness (QED) is 0.635. The summed E-state index contributed by atoms with van der Waals surface area (Å²) in [5, 5.41) is 15.9. The molecule has 0 aromatic carbocycles. The number of hydrogen-bond acceptors (Lipinski definition) is 4. The Balaban J connectivity index is 1.48. The lowest BCUT2D eigenvalue weighted by molar-refractivity contribution is 0.659. The minimum absolute atomic E-state index is 0.685. The maximum absolute atomic E-state index is 4.27. The smallest absolute Gasteiger partial charge is 0.191 e. The third-order valence-corrected chi connectivity index (χ3v) is 5.24. The summed E-state index contributed by atoms with van der Waals surface area (Å²) in [5.41, 5.74) is 0. The normalized spacial score (nSPS) is 22.1. The van der Waals surface area contributed by atoms with Gasteiger partial charge in [0.2, 0.25) is 0 Å². The molecule has 2 aliphatic rings. The second-order valence-corrected chi connectivity index (χ2v) is 6.64. The molecular formula is C13H22N6S. The fourth-order valence-electron chi connectivity index (χ4n) is 2.74. The summed E-state index contributed by atoms with van der Waals surface area (Å²) in [6.45, 7) is 2.72. The summed E-state index contributed by atoms with van der Waals surface area (Å²) in [5.74, 6) is 4.28. The van der Waals surface area contributed by atoms with Crippen LogP contribution in [0, 0.1) is 0 Å². The number of nitrogens with zero attached hydrogens (tertiary/aromatic N) is 4. The first-order valence-electron chi connectivity index (χ1n) is 7.34. The van der Waals surface area contributed by atoms with E-state index in [-0.39, 0.29) is 0 Å². The fourth-order valence-corrected chi connectivity index (χ4v) is 3.94. The Morgan fingerprint density at radius 3 is 3.15 bits per heavy atom. The van der Waals surface area contributed by atoms with Crippen LogP contribution in [0.3, 0.4) is 0 Å². The number of aryl methyl sites for hydroxylation is 1. The van der Waals surface area contributed by atoms with E-state index >= 15 is 0 Å². The number of thioether (sulfide) groups is 1. The molecule has 0 aliphatic carbocycles. The van der Waals surface area contributed by atoms with Gasteiger partial charge in [0, 0.05) is 31.8 Å². The average Bonchev–Trinajstić information content (AvgIpc) is 3.17. The molecule has 1 saturated heterocycles. The van der Waals surface area contributed by atoms with Gasteiger partial charge in [-0.15, -0.1) is 10.2 Å². The molecule has 0 amide bonds. The van der Waals surface area contributed by atoms with E-state index in [1.807, 2.05) is 7.05 Å². The molecule has 1 aromatic heterocycles. The molecule has 2 aliphatic heterocycles. The summed E-state index contributed by atoms with van der Waals surface area (Å²) in [6.07, 6.45) is 4.89. The molecule has 1 aromatic rings. The second-order valence-electron chi connectivity index (χ2n) is 5.23. The van der Waals surface area contributed by atoms with Gasteiger partial charge in [-0.1, -0.05) is 0 Å². The maximum atomic E-state index is 4.27. The van der Waals surface area contributed by atoms with Crippen molar-refractivity contribution in [2.75, 3.05) is 19.3 Å². The highest BCUT2D eigenvalue weighted by Gasteiger charge is 2.18. The predicted molar refractivity (Wildman–Crippen MR) is 82.0 cm³/mol. The fraction of sp³-hybridized carbons (Fsp3) is 0.769. The van der Waals surface area contributed by atoms with E-state index in [1.165, 1.54) is 25.0 Å². The minimum atomic E-state index is 0.685. The van der Waals surface area contributed by atoms with Crippen LogP contribution in [0.25, 0.3) is 0 Å². The van der Waals surface area contributed by atoms with Gasteiger partial charge in [-0.05, 0) is 25.0 Å². The van der Waals surface area contributed by atoms with Crippen molar-refractivity contribution in [3.05, 3.63) is 11.6 Å². The Morgan fingerprint density at radius 1 is 1.40 bits per heavy atom. The van der Waals surface area contributed by atoms with Crippen molar-refractivity contribution >= 4 is 17.7 Å². The summed E-state index contributed by atoms with van der Waals surface area (Å²) in [4.78, 5) is 4.27. The number of fused-ring (bicyclic) bond motifs is 1. The molecule has 3 heterocycles. The van der Waals surface area contributed by atoms with Gasteiger partial charge in [-0.2, -0.15) is 11.8 Å². The highest BCUT2D eigenvalue weighted by atomic mass is 32.2. The molecule has 6 nitrogen and oxygen atoms in total. The molecule has 110 valence electrons. The molecule has 0 radical (unpaired) electrons. The van der Waals surface area contributed by atoms with Gasteiger partial charge < -0.3 is 15.2 Å². The molecule has 1 atom stereocenters. The topological polar surface area (TPSA) is 67.1 Å². The van der Waals surface area contributed by atoms with Crippen LogP contribution in [0.2, 0.25) is 0 Å². The highest BCUT2D eigenvalue weighted by molar-refractivity contribution is 8.00. The minimum Gasteiger partial charge on any atom is -0.355 e. The van der Waals surface area contributed by atoms with Crippen molar-refractivity contribution in [1.29, 1.82) is 0 Å². The van der Waals surface area contributed by atoms with E-state index in [4.69, 9.17) is 0 Å². The van der Waals surface area contributed by atoms with Gasteiger partial charge in [-0.3, -0.25) is 4.99 Å². The predicted octanol–water partition coefficient (Wildman–Crippen LogP) is 0.785. The molecule has 0 spiro atoms. The van der Waals surface area contributed by atoms with Crippen LogP contribution in [0.5, 0.6) is 0 Å². The summed E-state index contributed by atoms with van der Waals surface area (Å²) in [6, 6.07) is 0. The van der Waals surface area contributed by atoms with Crippen molar-refractivity contribution < 1.29 is 0 Å². The Bertz CT molecular complexity index is 477. The van der Waals surface area contributed by atoms with Gasteiger partial charge in [0.25, 0.3) is 0 Å². The van der Waals surface area contributed by atoms with Gasteiger partial charge in [0.1, 0.15) is 5.82 Å². The molecule has 0 bridgehead atoms. The zero-order chi connectivity index (χ0) is 13.8. The number of nitrogens with one attached hydrogen (secondary N) is 2.